The van der Waals surface area contributed by atoms with Gasteiger partial charge in [0.2, 0.25) is 5.92 Å². The molecule has 0 spiro atoms. The van der Waals surface area contributed by atoms with Crippen molar-refractivity contribution in [3.63, 3.8) is 0 Å². The Hall–Kier alpha value is -1.92. The van der Waals surface area contributed by atoms with Crippen LogP contribution in [0.25, 0.3) is 0 Å². The number of nitrogens with zero attached hydrogens (tertiary/aromatic N) is 2. The number of amidine groups is 1. The Morgan fingerprint density at radius 3 is 2.18 bits per heavy atom. The van der Waals surface area contributed by atoms with Gasteiger partial charge in [-0.3, -0.25) is 4.79 Å². The Morgan fingerprint density at radius 1 is 1.11 bits per heavy atom. The van der Waals surface area contributed by atoms with E-state index in [-0.39, 0.29) is 12.2 Å². The monoisotopic (exact) mass is 438 g/mol. The van der Waals surface area contributed by atoms with E-state index in [0.29, 0.717) is 17.8 Å². The summed E-state index contributed by atoms with van der Waals surface area (Å²) in [4.78, 5) is 15.6. The molecule has 3 nitrogen and oxygen atoms in total. The minimum absolute atomic E-state index is 0.0548. The number of thioether (sulfide) groups is 1. The van der Waals surface area contributed by atoms with Gasteiger partial charge in [0.05, 0.1) is 5.56 Å². The molecule has 2 rings (SSSR count). The highest BCUT2D eigenvalue weighted by molar-refractivity contribution is 8.15. The summed E-state index contributed by atoms with van der Waals surface area (Å²) in [7, 11) is 0. The quantitative estimate of drug-likeness (QED) is 0.590. The van der Waals surface area contributed by atoms with E-state index in [9.17, 15) is 44.3 Å². The van der Waals surface area contributed by atoms with E-state index in [1.54, 1.807) is 0 Å². The number of anilines is 1. The van der Waals surface area contributed by atoms with Gasteiger partial charge in [-0.15, -0.1) is 0 Å². The normalized spacial score (nSPS) is 20.3. The zero-order chi connectivity index (χ0) is 21.5. The number of benzene rings is 1. The minimum Gasteiger partial charge on any atom is -0.320 e. The summed E-state index contributed by atoms with van der Waals surface area (Å²) in [6.07, 6.45) is -16.5. The number of carbonyl (C=O) groups is 1. The lowest BCUT2D eigenvalue weighted by atomic mass is 10.1. The van der Waals surface area contributed by atoms with Crippen molar-refractivity contribution < 1.29 is 44.3 Å². The van der Waals surface area contributed by atoms with Gasteiger partial charge in [0.1, 0.15) is 0 Å². The lowest BCUT2D eigenvalue weighted by Gasteiger charge is -2.22. The molecular formula is C15H11F9N2OS. The number of aliphatic imine (C=N–C) groups is 1. The predicted molar refractivity (Wildman–Crippen MR) is 83.9 cm³/mol. The topological polar surface area (TPSA) is 32.7 Å². The fraction of sp³-hybridized carbons (Fsp3) is 0.467. The van der Waals surface area contributed by atoms with Crippen molar-refractivity contribution in [3.05, 3.63) is 29.8 Å². The first-order valence-electron chi connectivity index (χ1n) is 7.48. The number of hydrogen-bond acceptors (Lipinski definition) is 2. The van der Waals surface area contributed by atoms with Gasteiger partial charge in [-0.2, -0.15) is 44.5 Å². The first-order chi connectivity index (χ1) is 12.6. The number of amides is 1. The third-order valence-corrected chi connectivity index (χ3v) is 4.64. The molecule has 0 radical (unpaired) electrons. The predicted octanol–water partition coefficient (Wildman–Crippen LogP) is 5.27. The molecule has 0 aliphatic carbocycles. The summed E-state index contributed by atoms with van der Waals surface area (Å²) in [5.74, 6) is -6.79. The summed E-state index contributed by atoms with van der Waals surface area (Å²) < 4.78 is 115. The molecule has 1 heterocycles. The van der Waals surface area contributed by atoms with Crippen LogP contribution in [0.2, 0.25) is 0 Å². The van der Waals surface area contributed by atoms with Crippen LogP contribution >= 0.6 is 11.8 Å². The third-order valence-electron chi connectivity index (χ3n) is 3.57. The lowest BCUT2D eigenvalue weighted by Crippen LogP contribution is -2.42. The standard InChI is InChI=1S/C15H11F9N2OS/c1-7-6-26(9-4-2-3-8(5-9)13(16,17)18)12(28-7)25-11(27)10(14(19,20)21)15(22,23)24/h2-5,7,10H,6H2,1H3. The summed E-state index contributed by atoms with van der Waals surface area (Å²) in [5, 5.41) is -0.966. The van der Waals surface area contributed by atoms with Crippen LogP contribution in [0.4, 0.5) is 45.2 Å². The number of halogens is 9. The third kappa shape index (κ3) is 5.11. The number of rotatable bonds is 2. The van der Waals surface area contributed by atoms with Gasteiger partial charge in [0.15, 0.2) is 5.17 Å². The van der Waals surface area contributed by atoms with Gasteiger partial charge in [-0.25, -0.2) is 0 Å². The molecule has 1 aliphatic rings. The van der Waals surface area contributed by atoms with E-state index in [4.69, 9.17) is 0 Å². The van der Waals surface area contributed by atoms with Crippen LogP contribution in [0.15, 0.2) is 29.3 Å². The van der Waals surface area contributed by atoms with Gasteiger partial charge < -0.3 is 4.90 Å². The molecule has 1 atom stereocenters. The van der Waals surface area contributed by atoms with Gasteiger partial charge >= 0.3 is 18.5 Å². The van der Waals surface area contributed by atoms with Gasteiger partial charge in [0.25, 0.3) is 5.91 Å². The molecule has 0 N–H and O–H groups in total. The van der Waals surface area contributed by atoms with Crippen molar-refractivity contribution in [1.29, 1.82) is 0 Å². The van der Waals surface area contributed by atoms with Crippen LogP contribution in [-0.2, 0) is 11.0 Å². The summed E-state index contributed by atoms with van der Waals surface area (Å²) in [5.41, 5.74) is -1.22. The second-order valence-electron chi connectivity index (χ2n) is 5.84. The molecule has 13 heteroatoms. The second kappa shape index (κ2) is 7.48. The van der Waals surface area contributed by atoms with Gasteiger partial charge in [0, 0.05) is 17.5 Å². The van der Waals surface area contributed by atoms with Crippen molar-refractivity contribution in [3.8, 4) is 0 Å². The molecule has 0 bridgehead atoms. The first kappa shape index (κ1) is 22.4. The van der Waals surface area contributed by atoms with Crippen molar-refractivity contribution in [2.24, 2.45) is 10.9 Å². The Morgan fingerprint density at radius 2 is 1.68 bits per heavy atom. The Labute approximate surface area is 156 Å². The van der Waals surface area contributed by atoms with E-state index >= 15 is 0 Å². The molecule has 0 aromatic heterocycles. The molecule has 1 amide bonds. The maximum Gasteiger partial charge on any atom is 0.416 e. The molecule has 1 saturated heterocycles. The average Bonchev–Trinajstić information content (AvgIpc) is 2.83. The SMILES string of the molecule is CC1CN(c2cccc(C(F)(F)F)c2)C(=NC(=O)C(C(F)(F)F)C(F)(F)F)S1. The highest BCUT2D eigenvalue weighted by Crippen LogP contribution is 2.41. The number of alkyl halides is 9. The molecule has 28 heavy (non-hydrogen) atoms. The Kier molecular flexibility index (Phi) is 5.98. The largest absolute Gasteiger partial charge is 0.416 e. The Bertz CT molecular complexity index is 756. The van der Waals surface area contributed by atoms with E-state index in [0.717, 1.165) is 17.0 Å². The summed E-state index contributed by atoms with van der Waals surface area (Å²) in [6.45, 7) is 1.48. The van der Waals surface area contributed by atoms with Crippen LogP contribution in [0, 0.1) is 5.92 Å². The summed E-state index contributed by atoms with van der Waals surface area (Å²) in [6, 6.07) is 3.63. The lowest BCUT2D eigenvalue weighted by molar-refractivity contribution is -0.273. The van der Waals surface area contributed by atoms with Crippen LogP contribution in [0.3, 0.4) is 0 Å². The molecule has 1 aliphatic heterocycles. The average molecular weight is 438 g/mol. The number of carbonyl (C=O) groups excluding carboxylic acids is 1. The van der Waals surface area contributed by atoms with Crippen molar-refractivity contribution >= 4 is 28.5 Å². The molecule has 1 unspecified atom stereocenters. The molecule has 1 fully saturated rings. The van der Waals surface area contributed by atoms with Crippen LogP contribution < -0.4 is 4.90 Å². The van der Waals surface area contributed by atoms with Crippen molar-refractivity contribution in [2.75, 3.05) is 11.4 Å². The first-order valence-corrected chi connectivity index (χ1v) is 8.36. The highest BCUT2D eigenvalue weighted by Gasteiger charge is 2.61. The molecule has 156 valence electrons. The second-order valence-corrected chi connectivity index (χ2v) is 7.24. The maximum absolute atomic E-state index is 12.8. The Balaban J connectivity index is 2.42. The van der Waals surface area contributed by atoms with Crippen molar-refractivity contribution in [2.45, 2.75) is 30.7 Å². The molecule has 0 saturated carbocycles. The van der Waals surface area contributed by atoms with E-state index < -0.39 is 46.3 Å². The maximum atomic E-state index is 12.8. The fourth-order valence-corrected chi connectivity index (χ4v) is 3.43. The van der Waals surface area contributed by atoms with Crippen LogP contribution in [0.1, 0.15) is 12.5 Å². The smallest absolute Gasteiger partial charge is 0.320 e. The van der Waals surface area contributed by atoms with Crippen LogP contribution in [-0.4, -0.2) is 35.2 Å². The van der Waals surface area contributed by atoms with E-state index in [1.807, 2.05) is 0 Å². The number of hydrogen-bond donors (Lipinski definition) is 0. The van der Waals surface area contributed by atoms with Crippen molar-refractivity contribution in [1.82, 2.24) is 0 Å². The van der Waals surface area contributed by atoms with Gasteiger partial charge in [-0.05, 0) is 18.2 Å². The fourth-order valence-electron chi connectivity index (χ4n) is 2.39. The highest BCUT2D eigenvalue weighted by atomic mass is 32.2. The molecule has 1 aromatic carbocycles. The van der Waals surface area contributed by atoms with Crippen LogP contribution in [0.5, 0.6) is 0 Å². The summed E-state index contributed by atoms with van der Waals surface area (Å²) >= 11 is 0.688. The minimum atomic E-state index is -5.91. The van der Waals surface area contributed by atoms with Gasteiger partial charge in [-0.1, -0.05) is 24.8 Å². The molecular weight excluding hydrogens is 427 g/mol. The molecule has 1 aromatic rings. The zero-order valence-corrected chi connectivity index (χ0v) is 14.6. The van der Waals surface area contributed by atoms with E-state index in [2.05, 4.69) is 4.99 Å². The zero-order valence-electron chi connectivity index (χ0n) is 13.8. The van der Waals surface area contributed by atoms with E-state index in [1.165, 1.54) is 13.0 Å².